The zero-order chi connectivity index (χ0) is 29.0. The summed E-state index contributed by atoms with van der Waals surface area (Å²) in [6.07, 6.45) is 0.456. The van der Waals surface area contributed by atoms with Crippen LogP contribution in [0.15, 0.2) is 97.1 Å². The highest BCUT2D eigenvalue weighted by Crippen LogP contribution is 2.25. The Balaban J connectivity index is 1.10. The minimum Gasteiger partial charge on any atom is -0.457 e. The molecule has 2 amide bonds. The number of hydrogen-bond acceptors (Lipinski definition) is 6. The molecule has 2 N–H and O–H groups in total. The number of para-hydroxylation sites is 1. The van der Waals surface area contributed by atoms with E-state index in [1.54, 1.807) is 48.5 Å². The number of nitrogens with one attached hydrogen (secondary N) is 2. The van der Waals surface area contributed by atoms with Gasteiger partial charge in [0.25, 0.3) is 5.91 Å². The molecule has 8 nitrogen and oxygen atoms in total. The molecule has 4 aromatic rings. The van der Waals surface area contributed by atoms with Gasteiger partial charge in [-0.25, -0.2) is 0 Å². The fraction of sp³-hybridized carbons (Fsp3) is 0.182. The highest BCUT2D eigenvalue weighted by Gasteiger charge is 2.10. The molecule has 0 fully saturated rings. The van der Waals surface area contributed by atoms with E-state index in [0.29, 0.717) is 35.0 Å². The summed E-state index contributed by atoms with van der Waals surface area (Å²) in [6, 6.07) is 29.2. The van der Waals surface area contributed by atoms with Crippen LogP contribution in [0.5, 0.6) is 23.0 Å². The van der Waals surface area contributed by atoms with Gasteiger partial charge in [-0.05, 0) is 104 Å². The van der Waals surface area contributed by atoms with E-state index in [9.17, 15) is 14.4 Å². The molecule has 0 heterocycles. The predicted octanol–water partition coefficient (Wildman–Crippen LogP) is 7.18. The van der Waals surface area contributed by atoms with Gasteiger partial charge in [0.2, 0.25) is 5.91 Å². The summed E-state index contributed by atoms with van der Waals surface area (Å²) in [5, 5.41) is 5.47. The van der Waals surface area contributed by atoms with E-state index in [4.69, 9.17) is 14.2 Å². The van der Waals surface area contributed by atoms with Crippen molar-refractivity contribution in [2.45, 2.75) is 33.1 Å². The number of anilines is 2. The van der Waals surface area contributed by atoms with Gasteiger partial charge in [-0.15, -0.1) is 0 Å². The molecule has 8 heteroatoms. The number of amides is 2. The summed E-state index contributed by atoms with van der Waals surface area (Å²) in [5.74, 6) is 1.51. The van der Waals surface area contributed by atoms with Gasteiger partial charge in [-0.1, -0.05) is 24.3 Å². The highest BCUT2D eigenvalue weighted by atomic mass is 16.5. The number of ether oxygens (including phenoxy) is 3. The van der Waals surface area contributed by atoms with Crippen molar-refractivity contribution in [2.24, 2.45) is 0 Å². The Morgan fingerprint density at radius 1 is 0.585 bits per heavy atom. The first kappa shape index (κ1) is 28.9. The maximum absolute atomic E-state index is 12.3. The molecule has 0 aliphatic heterocycles. The molecule has 0 saturated heterocycles. The van der Waals surface area contributed by atoms with Crippen LogP contribution < -0.4 is 20.1 Å². The number of benzene rings is 4. The van der Waals surface area contributed by atoms with Crippen molar-refractivity contribution in [3.8, 4) is 23.0 Å². The fourth-order valence-corrected chi connectivity index (χ4v) is 3.78. The van der Waals surface area contributed by atoms with Crippen LogP contribution in [0.3, 0.4) is 0 Å². The maximum Gasteiger partial charge on any atom is 0.306 e. The summed E-state index contributed by atoms with van der Waals surface area (Å²) in [6.45, 7) is 3.66. The SMILES string of the molecule is Cc1ccc(Oc2ccc(NC(=O)CCCC(=O)OCC(=O)Nc3ccc(Oc4ccccc4)cc3)cc2)cc1C. The van der Waals surface area contributed by atoms with Crippen molar-refractivity contribution >= 4 is 29.2 Å². The molecule has 41 heavy (non-hydrogen) atoms. The van der Waals surface area contributed by atoms with E-state index >= 15 is 0 Å². The molecule has 0 unspecified atom stereocenters. The molecule has 0 bridgehead atoms. The summed E-state index contributed by atoms with van der Waals surface area (Å²) in [7, 11) is 0. The van der Waals surface area contributed by atoms with Gasteiger partial charge in [0, 0.05) is 24.2 Å². The van der Waals surface area contributed by atoms with Crippen molar-refractivity contribution in [2.75, 3.05) is 17.2 Å². The van der Waals surface area contributed by atoms with Crippen molar-refractivity contribution < 1.29 is 28.6 Å². The molecule has 4 rings (SSSR count). The molecular formula is C33H32N2O6. The molecule has 210 valence electrons. The third-order valence-electron chi connectivity index (χ3n) is 6.12. The molecule has 0 aliphatic carbocycles. The van der Waals surface area contributed by atoms with Gasteiger partial charge >= 0.3 is 5.97 Å². The fourth-order valence-electron chi connectivity index (χ4n) is 3.78. The predicted molar refractivity (Wildman–Crippen MR) is 157 cm³/mol. The zero-order valence-electron chi connectivity index (χ0n) is 23.0. The van der Waals surface area contributed by atoms with Crippen LogP contribution in [0.4, 0.5) is 11.4 Å². The van der Waals surface area contributed by atoms with Crippen LogP contribution in [0.1, 0.15) is 30.4 Å². The van der Waals surface area contributed by atoms with E-state index in [0.717, 1.165) is 11.3 Å². The minimum atomic E-state index is -0.549. The summed E-state index contributed by atoms with van der Waals surface area (Å²) in [4.78, 5) is 36.4. The lowest BCUT2D eigenvalue weighted by molar-refractivity contribution is -0.147. The van der Waals surface area contributed by atoms with Crippen molar-refractivity contribution in [1.29, 1.82) is 0 Å². The summed E-state index contributed by atoms with van der Waals surface area (Å²) < 4.78 is 16.6. The molecular weight excluding hydrogens is 520 g/mol. The molecule has 0 atom stereocenters. The number of hydrogen-bond donors (Lipinski definition) is 2. The quantitative estimate of drug-likeness (QED) is 0.181. The lowest BCUT2D eigenvalue weighted by Gasteiger charge is -2.10. The van der Waals surface area contributed by atoms with Gasteiger partial charge in [-0.2, -0.15) is 0 Å². The standard InChI is InChI=1S/C33H32N2O6/c1-23-11-16-30(21-24(23)2)41-29-19-12-25(13-20-29)34-31(36)9-6-10-33(38)39-22-32(37)35-26-14-17-28(18-15-26)40-27-7-4-3-5-8-27/h3-5,7-8,11-21H,6,9-10,22H2,1-2H3,(H,34,36)(H,35,37). The number of carbonyl (C=O) groups is 3. The van der Waals surface area contributed by atoms with Gasteiger partial charge in [0.05, 0.1) is 0 Å². The second kappa shape index (κ2) is 14.3. The van der Waals surface area contributed by atoms with Crippen LogP contribution in [0.2, 0.25) is 0 Å². The third-order valence-corrected chi connectivity index (χ3v) is 6.12. The first-order valence-corrected chi connectivity index (χ1v) is 13.3. The number of aryl methyl sites for hydroxylation is 2. The smallest absolute Gasteiger partial charge is 0.306 e. The Morgan fingerprint density at radius 3 is 1.73 bits per heavy atom. The van der Waals surface area contributed by atoms with Crippen LogP contribution >= 0.6 is 0 Å². The van der Waals surface area contributed by atoms with Gasteiger partial charge in [0.1, 0.15) is 23.0 Å². The van der Waals surface area contributed by atoms with Crippen LogP contribution in [0.25, 0.3) is 0 Å². The van der Waals surface area contributed by atoms with Gasteiger partial charge < -0.3 is 24.8 Å². The average molecular weight is 553 g/mol. The van der Waals surface area contributed by atoms with Crippen molar-refractivity contribution in [3.63, 3.8) is 0 Å². The van der Waals surface area contributed by atoms with E-state index < -0.39 is 18.5 Å². The monoisotopic (exact) mass is 552 g/mol. The molecule has 0 spiro atoms. The molecule has 0 saturated carbocycles. The van der Waals surface area contributed by atoms with E-state index in [1.807, 2.05) is 62.4 Å². The molecule has 0 radical (unpaired) electrons. The third kappa shape index (κ3) is 9.54. The van der Waals surface area contributed by atoms with E-state index in [2.05, 4.69) is 10.6 Å². The van der Waals surface area contributed by atoms with Crippen molar-refractivity contribution in [1.82, 2.24) is 0 Å². The topological polar surface area (TPSA) is 103 Å². The van der Waals surface area contributed by atoms with Gasteiger partial charge in [-0.3, -0.25) is 14.4 Å². The first-order chi connectivity index (χ1) is 19.8. The van der Waals surface area contributed by atoms with Crippen LogP contribution in [-0.4, -0.2) is 24.4 Å². The Bertz CT molecular complexity index is 1470. The minimum absolute atomic E-state index is 0.0228. The van der Waals surface area contributed by atoms with Crippen LogP contribution in [-0.2, 0) is 19.1 Å². The second-order valence-electron chi connectivity index (χ2n) is 9.42. The highest BCUT2D eigenvalue weighted by molar-refractivity contribution is 5.93. The zero-order valence-corrected chi connectivity index (χ0v) is 23.0. The number of rotatable bonds is 12. The molecule has 0 aromatic heterocycles. The van der Waals surface area contributed by atoms with Crippen molar-refractivity contribution in [3.05, 3.63) is 108 Å². The first-order valence-electron chi connectivity index (χ1n) is 13.3. The molecule has 4 aromatic carbocycles. The van der Waals surface area contributed by atoms with E-state index in [1.165, 1.54) is 5.56 Å². The lowest BCUT2D eigenvalue weighted by Crippen LogP contribution is -2.21. The average Bonchev–Trinajstić information content (AvgIpc) is 2.96. The summed E-state index contributed by atoms with van der Waals surface area (Å²) >= 11 is 0. The lowest BCUT2D eigenvalue weighted by atomic mass is 10.1. The number of esters is 1. The van der Waals surface area contributed by atoms with Crippen LogP contribution in [0, 0.1) is 13.8 Å². The normalized spacial score (nSPS) is 10.4. The Hall–Kier alpha value is -5.11. The maximum atomic E-state index is 12.3. The Morgan fingerprint density at radius 2 is 1.12 bits per heavy atom. The largest absolute Gasteiger partial charge is 0.457 e. The summed E-state index contributed by atoms with van der Waals surface area (Å²) in [5.41, 5.74) is 3.52. The van der Waals surface area contributed by atoms with Gasteiger partial charge in [0.15, 0.2) is 6.61 Å². The Kier molecular flexibility index (Phi) is 10.1. The van der Waals surface area contributed by atoms with E-state index in [-0.39, 0.29) is 18.7 Å². The Labute approximate surface area is 239 Å². The molecule has 0 aliphatic rings. The number of carbonyl (C=O) groups excluding carboxylic acids is 3. The second-order valence-corrected chi connectivity index (χ2v) is 9.42.